The Labute approximate surface area is 99.8 Å². The summed E-state index contributed by atoms with van der Waals surface area (Å²) in [7, 11) is 0. The van der Waals surface area contributed by atoms with E-state index >= 15 is 0 Å². The molecule has 0 aliphatic carbocycles. The van der Waals surface area contributed by atoms with Crippen LogP contribution in [-0.4, -0.2) is 44.8 Å². The van der Waals surface area contributed by atoms with E-state index in [4.69, 9.17) is 5.73 Å². The van der Waals surface area contributed by atoms with Gasteiger partial charge in [-0.3, -0.25) is 9.89 Å². The molecular formula is C11H18N4O2. The number of H-pyrrole nitrogens is 1. The van der Waals surface area contributed by atoms with E-state index in [1.807, 2.05) is 13.8 Å². The highest BCUT2D eigenvalue weighted by Crippen LogP contribution is 2.27. The molecule has 6 nitrogen and oxygen atoms in total. The average Bonchev–Trinajstić information content (AvgIpc) is 2.65. The lowest BCUT2D eigenvalue weighted by atomic mass is 9.91. The molecule has 0 aromatic carbocycles. The van der Waals surface area contributed by atoms with E-state index in [-0.39, 0.29) is 11.6 Å². The normalized spacial score (nSPS) is 17.9. The fourth-order valence-corrected chi connectivity index (χ4v) is 2.00. The molecule has 1 aliphatic heterocycles. The summed E-state index contributed by atoms with van der Waals surface area (Å²) in [6.07, 6.45) is 1.36. The number of hydrogen-bond acceptors (Lipinski definition) is 4. The fraction of sp³-hybridized carbons (Fsp3) is 0.636. The summed E-state index contributed by atoms with van der Waals surface area (Å²) in [4.78, 5) is 13.6. The van der Waals surface area contributed by atoms with Crippen molar-refractivity contribution in [1.29, 1.82) is 0 Å². The maximum Gasteiger partial charge on any atom is 0.276 e. The summed E-state index contributed by atoms with van der Waals surface area (Å²) in [5.41, 5.74) is 6.56. The van der Waals surface area contributed by atoms with Crippen LogP contribution in [-0.2, 0) is 6.42 Å². The van der Waals surface area contributed by atoms with Crippen LogP contribution in [0.15, 0.2) is 0 Å². The minimum absolute atomic E-state index is 0.212. The summed E-state index contributed by atoms with van der Waals surface area (Å²) in [5.74, 6) is -0.212. The van der Waals surface area contributed by atoms with Crippen molar-refractivity contribution in [2.24, 2.45) is 0 Å². The number of carbonyl (C=O) groups is 1. The van der Waals surface area contributed by atoms with Crippen LogP contribution in [0.4, 0.5) is 5.69 Å². The molecule has 17 heavy (non-hydrogen) atoms. The van der Waals surface area contributed by atoms with Crippen molar-refractivity contribution in [3.05, 3.63) is 11.4 Å². The maximum atomic E-state index is 12.0. The summed E-state index contributed by atoms with van der Waals surface area (Å²) in [6, 6.07) is 0. The fourth-order valence-electron chi connectivity index (χ4n) is 2.00. The number of nitrogens with zero attached hydrogens (tertiary/aromatic N) is 2. The maximum absolute atomic E-state index is 12.0. The number of aryl methyl sites for hydroxylation is 1. The molecule has 1 amide bonds. The highest BCUT2D eigenvalue weighted by molar-refractivity contribution is 5.98. The average molecular weight is 238 g/mol. The van der Waals surface area contributed by atoms with E-state index in [9.17, 15) is 9.90 Å². The summed E-state index contributed by atoms with van der Waals surface area (Å²) in [6.45, 7) is 4.56. The molecule has 1 saturated heterocycles. The van der Waals surface area contributed by atoms with E-state index in [2.05, 4.69) is 10.2 Å². The minimum atomic E-state index is -0.728. The van der Waals surface area contributed by atoms with Crippen LogP contribution < -0.4 is 5.73 Å². The molecule has 1 aliphatic rings. The molecule has 6 heteroatoms. The zero-order valence-corrected chi connectivity index (χ0v) is 10.2. The largest absolute Gasteiger partial charge is 0.395 e. The van der Waals surface area contributed by atoms with E-state index in [0.717, 1.165) is 5.69 Å². The number of amides is 1. The lowest BCUT2D eigenvalue weighted by Crippen LogP contribution is -2.63. The Morgan fingerprint density at radius 3 is 2.71 bits per heavy atom. The second kappa shape index (κ2) is 4.03. The van der Waals surface area contributed by atoms with Gasteiger partial charge in [0, 0.05) is 0 Å². The first-order chi connectivity index (χ1) is 8.00. The van der Waals surface area contributed by atoms with Gasteiger partial charge in [0.05, 0.1) is 30.1 Å². The van der Waals surface area contributed by atoms with Crippen molar-refractivity contribution in [2.45, 2.75) is 32.3 Å². The van der Waals surface area contributed by atoms with Crippen LogP contribution in [0.2, 0.25) is 0 Å². The lowest BCUT2D eigenvalue weighted by molar-refractivity contribution is -0.0827. The smallest absolute Gasteiger partial charge is 0.276 e. The number of carbonyl (C=O) groups excluding carboxylic acids is 1. The third-order valence-corrected chi connectivity index (χ3v) is 3.35. The Morgan fingerprint density at radius 1 is 1.59 bits per heavy atom. The topological polar surface area (TPSA) is 95.2 Å². The molecule has 0 spiro atoms. The van der Waals surface area contributed by atoms with Crippen LogP contribution in [0.3, 0.4) is 0 Å². The number of aromatic amines is 1. The molecule has 2 rings (SSSR count). The molecule has 1 fully saturated rings. The number of β-amino-alcohol motifs (C(OH)–C–C–N with tert-alkyl or cyclic N) is 1. The van der Waals surface area contributed by atoms with E-state index in [1.165, 1.54) is 0 Å². The molecule has 2 heterocycles. The van der Waals surface area contributed by atoms with Crippen LogP contribution in [0, 0.1) is 0 Å². The van der Waals surface area contributed by atoms with Crippen molar-refractivity contribution in [3.8, 4) is 0 Å². The Balaban J connectivity index is 2.09. The van der Waals surface area contributed by atoms with Crippen LogP contribution in [0.1, 0.15) is 36.5 Å². The van der Waals surface area contributed by atoms with E-state index in [0.29, 0.717) is 31.6 Å². The number of nitrogen functional groups attached to an aromatic ring is 1. The zero-order chi connectivity index (χ0) is 12.6. The number of hydrogen-bond donors (Lipinski definition) is 3. The molecule has 0 radical (unpaired) electrons. The van der Waals surface area contributed by atoms with Gasteiger partial charge in [0.2, 0.25) is 0 Å². The number of likely N-dealkylation sites (tertiary alicyclic amines) is 1. The van der Waals surface area contributed by atoms with E-state index in [1.54, 1.807) is 4.90 Å². The lowest BCUT2D eigenvalue weighted by Gasteiger charge is -2.45. The number of nitrogens with one attached hydrogen (secondary N) is 1. The molecular weight excluding hydrogens is 220 g/mol. The first-order valence-electron chi connectivity index (χ1n) is 5.85. The molecule has 0 bridgehead atoms. The highest BCUT2D eigenvalue weighted by atomic mass is 16.3. The van der Waals surface area contributed by atoms with Crippen molar-refractivity contribution >= 4 is 11.6 Å². The first-order valence-corrected chi connectivity index (χ1v) is 5.85. The number of anilines is 1. The third kappa shape index (κ3) is 1.88. The Kier molecular flexibility index (Phi) is 2.82. The monoisotopic (exact) mass is 238 g/mol. The Bertz CT molecular complexity index is 435. The standard InChI is InChI=1S/C11H18N4O2/c1-3-7-8(12)9(14-13-7)10(16)15-5-11(17,4-2)6-15/h17H,3-6,12H2,1-2H3,(H,13,14). The van der Waals surface area contributed by atoms with Gasteiger partial charge < -0.3 is 15.7 Å². The van der Waals surface area contributed by atoms with Crippen LogP contribution >= 0.6 is 0 Å². The van der Waals surface area contributed by atoms with Gasteiger partial charge in [-0.1, -0.05) is 13.8 Å². The second-order valence-electron chi connectivity index (χ2n) is 4.56. The number of aromatic nitrogens is 2. The number of rotatable bonds is 3. The van der Waals surface area contributed by atoms with Crippen LogP contribution in [0.5, 0.6) is 0 Å². The SMILES string of the molecule is CCc1[nH]nc(C(=O)N2CC(O)(CC)C2)c1N. The van der Waals surface area contributed by atoms with Crippen molar-refractivity contribution < 1.29 is 9.90 Å². The predicted octanol–water partition coefficient (Wildman–Crippen LogP) is 0.151. The molecule has 4 N–H and O–H groups in total. The first kappa shape index (κ1) is 11.9. The molecule has 0 saturated carbocycles. The van der Waals surface area contributed by atoms with Crippen LogP contribution in [0.25, 0.3) is 0 Å². The third-order valence-electron chi connectivity index (χ3n) is 3.35. The number of nitrogens with two attached hydrogens (primary N) is 1. The van der Waals surface area contributed by atoms with Gasteiger partial charge in [0.15, 0.2) is 5.69 Å². The molecule has 0 unspecified atom stereocenters. The van der Waals surface area contributed by atoms with Gasteiger partial charge in [0.25, 0.3) is 5.91 Å². The van der Waals surface area contributed by atoms with Crippen molar-refractivity contribution in [2.75, 3.05) is 18.8 Å². The van der Waals surface area contributed by atoms with E-state index < -0.39 is 5.60 Å². The van der Waals surface area contributed by atoms with Crippen molar-refractivity contribution in [3.63, 3.8) is 0 Å². The number of aliphatic hydroxyl groups is 1. The zero-order valence-electron chi connectivity index (χ0n) is 10.2. The Morgan fingerprint density at radius 2 is 2.24 bits per heavy atom. The minimum Gasteiger partial charge on any atom is -0.395 e. The molecule has 1 aromatic heterocycles. The van der Waals surface area contributed by atoms with Gasteiger partial charge in [-0.15, -0.1) is 0 Å². The molecule has 1 aromatic rings. The van der Waals surface area contributed by atoms with Gasteiger partial charge in [0.1, 0.15) is 0 Å². The summed E-state index contributed by atoms with van der Waals surface area (Å²) in [5, 5.41) is 16.5. The van der Waals surface area contributed by atoms with Gasteiger partial charge in [-0.2, -0.15) is 5.10 Å². The van der Waals surface area contributed by atoms with Gasteiger partial charge in [-0.25, -0.2) is 0 Å². The molecule has 0 atom stereocenters. The highest BCUT2D eigenvalue weighted by Gasteiger charge is 2.43. The van der Waals surface area contributed by atoms with Gasteiger partial charge >= 0.3 is 0 Å². The summed E-state index contributed by atoms with van der Waals surface area (Å²) < 4.78 is 0. The second-order valence-corrected chi connectivity index (χ2v) is 4.56. The van der Waals surface area contributed by atoms with Gasteiger partial charge in [-0.05, 0) is 12.8 Å². The molecule has 94 valence electrons. The van der Waals surface area contributed by atoms with Crippen molar-refractivity contribution in [1.82, 2.24) is 15.1 Å². The quantitative estimate of drug-likeness (QED) is 0.698. The predicted molar refractivity (Wildman–Crippen MR) is 63.5 cm³/mol. The Hall–Kier alpha value is -1.56. The summed E-state index contributed by atoms with van der Waals surface area (Å²) >= 11 is 0.